The van der Waals surface area contributed by atoms with Gasteiger partial charge in [-0.05, 0) is 31.0 Å². The highest BCUT2D eigenvalue weighted by atomic mass is 16.6. The number of carbonyl (C=O) groups excluding carboxylic acids is 2. The molecule has 1 atom stereocenters. The van der Waals surface area contributed by atoms with Crippen molar-refractivity contribution in [3.05, 3.63) is 41.5 Å². The molecule has 1 fully saturated rings. The highest BCUT2D eigenvalue weighted by Gasteiger charge is 2.58. The second-order valence-electron chi connectivity index (χ2n) is 8.37. The van der Waals surface area contributed by atoms with Crippen LogP contribution in [0.3, 0.4) is 0 Å². The summed E-state index contributed by atoms with van der Waals surface area (Å²) in [6, 6.07) is 9.33. The van der Waals surface area contributed by atoms with Gasteiger partial charge >= 0.3 is 0 Å². The van der Waals surface area contributed by atoms with Crippen molar-refractivity contribution < 1.29 is 23.8 Å². The number of anilines is 2. The Morgan fingerprint density at radius 2 is 1.87 bits per heavy atom. The molecule has 1 N–H and O–H groups in total. The Morgan fingerprint density at radius 1 is 1.10 bits per heavy atom. The molecule has 1 unspecified atom stereocenters. The van der Waals surface area contributed by atoms with Crippen LogP contribution in [0.5, 0.6) is 17.2 Å². The van der Waals surface area contributed by atoms with Gasteiger partial charge in [0, 0.05) is 35.8 Å². The molecule has 0 aromatic heterocycles. The van der Waals surface area contributed by atoms with Crippen molar-refractivity contribution in [2.24, 2.45) is 5.92 Å². The number of benzene rings is 2. The Labute approximate surface area is 173 Å². The van der Waals surface area contributed by atoms with Gasteiger partial charge in [-0.25, -0.2) is 0 Å². The maximum Gasteiger partial charge on any atom is 0.245 e. The Hall–Kier alpha value is -3.22. The fourth-order valence-corrected chi connectivity index (χ4v) is 4.95. The van der Waals surface area contributed by atoms with E-state index in [1.54, 1.807) is 18.0 Å². The standard InChI is InChI=1S/C23H22N2O5/c1-25-16-7-3-6-15(24-21(26)13-4-2-5-13)20(16)23(22(25)27)12-30-17-11-19-18(10-14(17)23)28-8-9-29-19/h3,6-7,10-11,13H,2,4-5,8-9,12H2,1H3,(H,24,26). The first-order valence-electron chi connectivity index (χ1n) is 10.4. The Balaban J connectivity index is 1.51. The SMILES string of the molecule is CN1C(=O)C2(COc3cc4c(cc32)OCCO4)c2c(NC(=O)C3CCC3)cccc21. The first-order valence-corrected chi connectivity index (χ1v) is 10.4. The van der Waals surface area contributed by atoms with Gasteiger partial charge in [0.05, 0.1) is 5.69 Å². The van der Waals surface area contributed by atoms with E-state index >= 15 is 0 Å². The number of amides is 2. The zero-order valence-corrected chi connectivity index (χ0v) is 16.7. The topological polar surface area (TPSA) is 77.1 Å². The van der Waals surface area contributed by atoms with Crippen LogP contribution in [0.25, 0.3) is 0 Å². The zero-order valence-electron chi connectivity index (χ0n) is 16.7. The van der Waals surface area contributed by atoms with Crippen LogP contribution < -0.4 is 24.4 Å². The Morgan fingerprint density at radius 3 is 2.60 bits per heavy atom. The van der Waals surface area contributed by atoms with E-state index in [9.17, 15) is 9.59 Å². The van der Waals surface area contributed by atoms with Crippen molar-refractivity contribution in [2.75, 3.05) is 37.1 Å². The minimum absolute atomic E-state index is 0.0214. The van der Waals surface area contributed by atoms with Gasteiger partial charge in [-0.15, -0.1) is 0 Å². The van der Waals surface area contributed by atoms with Crippen LogP contribution in [0.1, 0.15) is 30.4 Å². The highest BCUT2D eigenvalue weighted by Crippen LogP contribution is 2.56. The zero-order chi connectivity index (χ0) is 20.5. The van der Waals surface area contributed by atoms with E-state index in [2.05, 4.69) is 5.32 Å². The average molecular weight is 406 g/mol. The normalized spacial score (nSPS) is 23.6. The van der Waals surface area contributed by atoms with E-state index in [0.29, 0.717) is 36.1 Å². The van der Waals surface area contributed by atoms with Gasteiger partial charge in [0.25, 0.3) is 0 Å². The molecule has 2 amide bonds. The van der Waals surface area contributed by atoms with E-state index in [1.807, 2.05) is 24.3 Å². The molecule has 0 bridgehead atoms. The van der Waals surface area contributed by atoms with E-state index in [1.165, 1.54) is 0 Å². The van der Waals surface area contributed by atoms with Crippen LogP contribution in [-0.4, -0.2) is 38.7 Å². The third-order valence-corrected chi connectivity index (χ3v) is 6.78. The quantitative estimate of drug-likeness (QED) is 0.830. The Kier molecular flexibility index (Phi) is 3.61. The summed E-state index contributed by atoms with van der Waals surface area (Å²) in [4.78, 5) is 28.0. The van der Waals surface area contributed by atoms with E-state index in [4.69, 9.17) is 14.2 Å². The van der Waals surface area contributed by atoms with Gasteiger partial charge < -0.3 is 24.4 Å². The molecule has 4 aliphatic rings. The number of hydrogen-bond donors (Lipinski definition) is 1. The summed E-state index contributed by atoms with van der Waals surface area (Å²) in [5.74, 6) is 1.86. The van der Waals surface area contributed by atoms with Crippen LogP contribution >= 0.6 is 0 Å². The summed E-state index contributed by atoms with van der Waals surface area (Å²) in [6.07, 6.45) is 2.92. The second kappa shape index (κ2) is 6.14. The third-order valence-electron chi connectivity index (χ3n) is 6.78. The van der Waals surface area contributed by atoms with E-state index in [-0.39, 0.29) is 24.3 Å². The first kappa shape index (κ1) is 17.6. The lowest BCUT2D eigenvalue weighted by atomic mass is 9.76. The van der Waals surface area contributed by atoms with Crippen LogP contribution in [0.4, 0.5) is 11.4 Å². The predicted octanol–water partition coefficient (Wildman–Crippen LogP) is 2.85. The molecule has 3 aliphatic heterocycles. The summed E-state index contributed by atoms with van der Waals surface area (Å²) in [6.45, 7) is 1.13. The van der Waals surface area contributed by atoms with Crippen LogP contribution in [0, 0.1) is 5.92 Å². The maximum absolute atomic E-state index is 13.6. The molecule has 2 aromatic carbocycles. The molecule has 0 radical (unpaired) electrons. The van der Waals surface area contributed by atoms with E-state index < -0.39 is 5.41 Å². The summed E-state index contributed by atoms with van der Waals surface area (Å²) in [5, 5.41) is 3.10. The second-order valence-corrected chi connectivity index (χ2v) is 8.37. The minimum Gasteiger partial charge on any atom is -0.491 e. The monoisotopic (exact) mass is 406 g/mol. The van der Waals surface area contributed by atoms with Crippen LogP contribution in [-0.2, 0) is 15.0 Å². The molecule has 1 saturated carbocycles. The number of nitrogens with zero attached hydrogens (tertiary/aromatic N) is 1. The molecule has 6 rings (SSSR count). The molecule has 3 heterocycles. The number of nitrogens with one attached hydrogen (secondary N) is 1. The maximum atomic E-state index is 13.6. The fourth-order valence-electron chi connectivity index (χ4n) is 4.95. The summed E-state index contributed by atoms with van der Waals surface area (Å²) < 4.78 is 17.5. The fraction of sp³-hybridized carbons (Fsp3) is 0.391. The number of likely N-dealkylation sites (N-methyl/N-ethyl adjacent to an activating group) is 1. The molecule has 154 valence electrons. The van der Waals surface area contributed by atoms with Crippen LogP contribution in [0.15, 0.2) is 30.3 Å². The summed E-state index contributed by atoms with van der Waals surface area (Å²) in [7, 11) is 1.77. The number of ether oxygens (including phenoxy) is 3. The number of carbonyl (C=O) groups is 2. The number of fused-ring (bicyclic) bond motifs is 5. The molecule has 7 nitrogen and oxygen atoms in total. The van der Waals surface area contributed by atoms with Gasteiger partial charge in [-0.3, -0.25) is 9.59 Å². The molecule has 7 heteroatoms. The van der Waals surface area contributed by atoms with Gasteiger partial charge in [0.15, 0.2) is 11.5 Å². The van der Waals surface area contributed by atoms with Crippen molar-refractivity contribution in [3.8, 4) is 17.2 Å². The minimum atomic E-state index is -1.02. The lowest BCUT2D eigenvalue weighted by Gasteiger charge is -2.27. The molecular weight excluding hydrogens is 384 g/mol. The average Bonchev–Trinajstić information content (AvgIpc) is 3.18. The summed E-state index contributed by atoms with van der Waals surface area (Å²) >= 11 is 0. The van der Waals surface area contributed by atoms with Gasteiger partial charge in [-0.1, -0.05) is 12.5 Å². The van der Waals surface area contributed by atoms with Gasteiger partial charge in [0.1, 0.15) is 31.0 Å². The van der Waals surface area contributed by atoms with Gasteiger partial charge in [0.2, 0.25) is 11.8 Å². The van der Waals surface area contributed by atoms with Crippen molar-refractivity contribution >= 4 is 23.2 Å². The van der Waals surface area contributed by atoms with Crippen molar-refractivity contribution in [3.63, 3.8) is 0 Å². The molecular formula is C23H22N2O5. The molecule has 0 saturated heterocycles. The molecule has 1 spiro atoms. The predicted molar refractivity (Wildman–Crippen MR) is 110 cm³/mol. The summed E-state index contributed by atoms with van der Waals surface area (Å²) in [5.41, 5.74) is 2.00. The van der Waals surface area contributed by atoms with Crippen molar-refractivity contribution in [1.29, 1.82) is 0 Å². The molecule has 1 aliphatic carbocycles. The van der Waals surface area contributed by atoms with Crippen molar-refractivity contribution in [2.45, 2.75) is 24.7 Å². The smallest absolute Gasteiger partial charge is 0.245 e. The third kappa shape index (κ3) is 2.20. The highest BCUT2D eigenvalue weighted by molar-refractivity contribution is 6.14. The lowest BCUT2D eigenvalue weighted by molar-refractivity contribution is -0.123. The Bertz CT molecular complexity index is 1090. The van der Waals surface area contributed by atoms with Gasteiger partial charge in [-0.2, -0.15) is 0 Å². The van der Waals surface area contributed by atoms with E-state index in [0.717, 1.165) is 36.1 Å². The molecule has 30 heavy (non-hydrogen) atoms. The number of hydrogen-bond acceptors (Lipinski definition) is 5. The largest absolute Gasteiger partial charge is 0.491 e. The van der Waals surface area contributed by atoms with Crippen molar-refractivity contribution in [1.82, 2.24) is 0 Å². The lowest BCUT2D eigenvalue weighted by Crippen LogP contribution is -2.41. The number of rotatable bonds is 2. The van der Waals surface area contributed by atoms with Crippen LogP contribution in [0.2, 0.25) is 0 Å². The first-order chi connectivity index (χ1) is 14.6. The molecule has 2 aromatic rings.